The highest BCUT2D eigenvalue weighted by Crippen LogP contribution is 2.27. The SMILES string of the molecule is CCCCCCCCCCCCCCCCCC(=O)c1cccc2oc(=O)cc(O)c12. The number of ketones is 1. The molecule has 0 atom stereocenters. The van der Waals surface area contributed by atoms with E-state index in [0.29, 0.717) is 17.4 Å². The van der Waals surface area contributed by atoms with Gasteiger partial charge in [-0.2, -0.15) is 0 Å². The fraction of sp³-hybridized carbons (Fsp3) is 0.630. The Morgan fingerprint density at radius 3 is 1.87 bits per heavy atom. The van der Waals surface area contributed by atoms with Crippen LogP contribution in [0.4, 0.5) is 0 Å². The fourth-order valence-corrected chi connectivity index (χ4v) is 4.23. The lowest BCUT2D eigenvalue weighted by atomic mass is 9.99. The lowest BCUT2D eigenvalue weighted by Crippen LogP contribution is -2.03. The molecule has 2 aromatic rings. The summed E-state index contributed by atoms with van der Waals surface area (Å²) in [6.45, 7) is 2.26. The maximum atomic E-state index is 12.6. The molecule has 31 heavy (non-hydrogen) atoms. The van der Waals surface area contributed by atoms with Crippen LogP contribution in [0.3, 0.4) is 0 Å². The number of rotatable bonds is 17. The molecule has 0 aliphatic rings. The first-order valence-electron chi connectivity index (χ1n) is 12.4. The first kappa shape index (κ1) is 25.2. The van der Waals surface area contributed by atoms with Gasteiger partial charge in [0.2, 0.25) is 0 Å². The number of benzene rings is 1. The number of carbonyl (C=O) groups excluding carboxylic acids is 1. The molecule has 0 saturated carbocycles. The molecule has 0 fully saturated rings. The Morgan fingerprint density at radius 2 is 1.32 bits per heavy atom. The van der Waals surface area contributed by atoms with Crippen LogP contribution in [0.5, 0.6) is 5.75 Å². The zero-order valence-corrected chi connectivity index (χ0v) is 19.3. The van der Waals surface area contributed by atoms with Gasteiger partial charge in [0.05, 0.1) is 11.5 Å². The smallest absolute Gasteiger partial charge is 0.339 e. The molecule has 1 aromatic heterocycles. The molecule has 2 rings (SSSR count). The largest absolute Gasteiger partial charge is 0.507 e. The Morgan fingerprint density at radius 1 is 0.806 bits per heavy atom. The van der Waals surface area contributed by atoms with Gasteiger partial charge in [0.1, 0.15) is 11.3 Å². The quantitative estimate of drug-likeness (QED) is 0.158. The number of Topliss-reactive ketones (excluding diaryl/α,β-unsaturated/α-hetero) is 1. The number of carbonyl (C=O) groups is 1. The summed E-state index contributed by atoms with van der Waals surface area (Å²) in [4.78, 5) is 24.0. The van der Waals surface area contributed by atoms with Crippen LogP contribution in [-0.2, 0) is 0 Å². The van der Waals surface area contributed by atoms with E-state index in [1.54, 1.807) is 18.2 Å². The Kier molecular flexibility index (Phi) is 12.0. The van der Waals surface area contributed by atoms with Crippen molar-refractivity contribution in [3.63, 3.8) is 0 Å². The van der Waals surface area contributed by atoms with E-state index in [4.69, 9.17) is 4.42 Å². The lowest BCUT2D eigenvalue weighted by Gasteiger charge is -2.07. The van der Waals surface area contributed by atoms with Gasteiger partial charge in [0.15, 0.2) is 5.78 Å². The second kappa shape index (κ2) is 14.8. The molecular formula is C27H40O4. The lowest BCUT2D eigenvalue weighted by molar-refractivity contribution is 0.0980. The minimum Gasteiger partial charge on any atom is -0.507 e. The molecule has 4 heteroatoms. The predicted molar refractivity (Wildman–Crippen MR) is 128 cm³/mol. The van der Waals surface area contributed by atoms with Gasteiger partial charge in [-0.1, -0.05) is 109 Å². The molecular weight excluding hydrogens is 388 g/mol. The highest BCUT2D eigenvalue weighted by molar-refractivity contribution is 6.08. The van der Waals surface area contributed by atoms with Gasteiger partial charge in [0, 0.05) is 12.0 Å². The van der Waals surface area contributed by atoms with E-state index in [2.05, 4.69) is 6.92 Å². The molecule has 0 radical (unpaired) electrons. The number of aromatic hydroxyl groups is 1. The summed E-state index contributed by atoms with van der Waals surface area (Å²) in [5, 5.41) is 10.4. The van der Waals surface area contributed by atoms with Crippen molar-refractivity contribution < 1.29 is 14.3 Å². The van der Waals surface area contributed by atoms with Gasteiger partial charge >= 0.3 is 5.63 Å². The van der Waals surface area contributed by atoms with Crippen molar-refractivity contribution in [1.82, 2.24) is 0 Å². The molecule has 0 aliphatic heterocycles. The third-order valence-corrected chi connectivity index (χ3v) is 6.06. The molecule has 0 bridgehead atoms. The molecule has 1 N–H and O–H groups in total. The van der Waals surface area contributed by atoms with Crippen LogP contribution in [0.25, 0.3) is 11.0 Å². The second-order valence-electron chi connectivity index (χ2n) is 8.75. The first-order chi connectivity index (χ1) is 15.1. The third kappa shape index (κ3) is 9.28. The van der Waals surface area contributed by atoms with E-state index in [9.17, 15) is 14.7 Å². The van der Waals surface area contributed by atoms with Gasteiger partial charge in [-0.3, -0.25) is 4.79 Å². The molecule has 0 saturated heterocycles. The number of hydrogen-bond acceptors (Lipinski definition) is 4. The van der Waals surface area contributed by atoms with Crippen LogP contribution in [0, 0.1) is 0 Å². The summed E-state index contributed by atoms with van der Waals surface area (Å²) in [7, 11) is 0. The molecule has 1 heterocycles. The van der Waals surface area contributed by atoms with Crippen molar-refractivity contribution >= 4 is 16.8 Å². The van der Waals surface area contributed by atoms with E-state index in [0.717, 1.165) is 18.9 Å². The predicted octanol–water partition coefficient (Wildman–Crippen LogP) is 7.94. The zero-order chi connectivity index (χ0) is 22.3. The molecule has 0 spiro atoms. The molecule has 0 amide bonds. The highest BCUT2D eigenvalue weighted by Gasteiger charge is 2.15. The summed E-state index contributed by atoms with van der Waals surface area (Å²) < 4.78 is 5.10. The Labute approximate surface area is 187 Å². The van der Waals surface area contributed by atoms with E-state index in [1.807, 2.05) is 0 Å². The van der Waals surface area contributed by atoms with Gasteiger partial charge in [-0.15, -0.1) is 0 Å². The van der Waals surface area contributed by atoms with Gasteiger partial charge in [-0.05, 0) is 12.5 Å². The number of hydrogen-bond donors (Lipinski definition) is 1. The van der Waals surface area contributed by atoms with E-state index in [1.165, 1.54) is 83.5 Å². The third-order valence-electron chi connectivity index (χ3n) is 6.06. The van der Waals surface area contributed by atoms with Crippen molar-refractivity contribution in [2.24, 2.45) is 0 Å². The molecule has 172 valence electrons. The van der Waals surface area contributed by atoms with Crippen LogP contribution >= 0.6 is 0 Å². The van der Waals surface area contributed by atoms with Crippen LogP contribution in [-0.4, -0.2) is 10.9 Å². The summed E-state index contributed by atoms with van der Waals surface area (Å²) in [6, 6.07) is 5.99. The summed E-state index contributed by atoms with van der Waals surface area (Å²) in [5.41, 5.74) is 0.0773. The number of fused-ring (bicyclic) bond motifs is 1. The van der Waals surface area contributed by atoms with Gasteiger partial charge in [-0.25, -0.2) is 4.79 Å². The average Bonchev–Trinajstić information content (AvgIpc) is 2.75. The summed E-state index contributed by atoms with van der Waals surface area (Å²) >= 11 is 0. The van der Waals surface area contributed by atoms with Crippen molar-refractivity contribution in [1.29, 1.82) is 0 Å². The summed E-state index contributed by atoms with van der Waals surface area (Å²) in [5.74, 6) is -0.198. The maximum absolute atomic E-state index is 12.6. The van der Waals surface area contributed by atoms with E-state index < -0.39 is 5.63 Å². The molecule has 0 unspecified atom stereocenters. The second-order valence-corrected chi connectivity index (χ2v) is 8.75. The molecule has 0 aliphatic carbocycles. The number of unbranched alkanes of at least 4 members (excludes halogenated alkanes) is 14. The van der Waals surface area contributed by atoms with E-state index in [-0.39, 0.29) is 17.1 Å². The van der Waals surface area contributed by atoms with Crippen molar-refractivity contribution in [3.8, 4) is 5.75 Å². The molecule has 1 aromatic carbocycles. The van der Waals surface area contributed by atoms with Crippen molar-refractivity contribution in [3.05, 3.63) is 40.2 Å². The van der Waals surface area contributed by atoms with Crippen molar-refractivity contribution in [2.75, 3.05) is 0 Å². The topological polar surface area (TPSA) is 67.5 Å². The zero-order valence-electron chi connectivity index (χ0n) is 19.3. The van der Waals surface area contributed by atoms with Gasteiger partial charge in [0.25, 0.3) is 0 Å². The summed E-state index contributed by atoms with van der Waals surface area (Å²) in [6.07, 6.45) is 19.8. The Balaban J connectivity index is 1.53. The van der Waals surface area contributed by atoms with Crippen molar-refractivity contribution in [2.45, 2.75) is 110 Å². The standard InChI is InChI=1S/C27H40O4/c1-2-3-4-5-6-7-8-9-10-11-12-13-14-15-16-19-23(28)22-18-17-20-25-27(22)24(29)21-26(30)31-25/h17-18,20-21,29H,2-16,19H2,1H3. The van der Waals surface area contributed by atoms with Crippen LogP contribution in [0.2, 0.25) is 0 Å². The monoisotopic (exact) mass is 428 g/mol. The normalized spacial score (nSPS) is 11.3. The average molecular weight is 429 g/mol. The highest BCUT2D eigenvalue weighted by atomic mass is 16.4. The Hall–Kier alpha value is -2.10. The Bertz CT molecular complexity index is 837. The minimum absolute atomic E-state index is 0.00977. The first-order valence-corrected chi connectivity index (χ1v) is 12.4. The van der Waals surface area contributed by atoms with E-state index >= 15 is 0 Å². The van der Waals surface area contributed by atoms with Gasteiger partial charge < -0.3 is 9.52 Å². The van der Waals surface area contributed by atoms with Crippen LogP contribution in [0.1, 0.15) is 120 Å². The van der Waals surface area contributed by atoms with Crippen LogP contribution in [0.15, 0.2) is 33.5 Å². The minimum atomic E-state index is -0.614. The van der Waals surface area contributed by atoms with Crippen LogP contribution < -0.4 is 5.63 Å². The fourth-order valence-electron chi connectivity index (χ4n) is 4.23. The molecule has 4 nitrogen and oxygen atoms in total. The maximum Gasteiger partial charge on any atom is 0.339 e.